The van der Waals surface area contributed by atoms with Crippen molar-refractivity contribution in [2.24, 2.45) is 0 Å². The topological polar surface area (TPSA) is 52.9 Å². The van der Waals surface area contributed by atoms with Crippen molar-refractivity contribution in [3.63, 3.8) is 0 Å². The molecule has 1 amide bonds. The molecule has 0 radical (unpaired) electrons. The van der Waals surface area contributed by atoms with Crippen LogP contribution in [0.15, 0.2) is 46.9 Å². The summed E-state index contributed by atoms with van der Waals surface area (Å²) in [4.78, 5) is 12.0. The SMILES string of the molecule is N#Cc1ccc(CNC(=O)c2ccc(Cl)c(Br)c2)cc1. The Kier molecular flexibility index (Phi) is 4.78. The number of amides is 1. The van der Waals surface area contributed by atoms with Gasteiger partial charge in [-0.15, -0.1) is 0 Å². The summed E-state index contributed by atoms with van der Waals surface area (Å²) in [5.74, 6) is -0.174. The zero-order valence-electron chi connectivity index (χ0n) is 10.4. The lowest BCUT2D eigenvalue weighted by atomic mass is 10.1. The van der Waals surface area contributed by atoms with Crippen molar-refractivity contribution >= 4 is 33.4 Å². The van der Waals surface area contributed by atoms with Crippen LogP contribution in [0.4, 0.5) is 0 Å². The van der Waals surface area contributed by atoms with Gasteiger partial charge < -0.3 is 5.32 Å². The van der Waals surface area contributed by atoms with E-state index in [9.17, 15) is 4.79 Å². The average molecular weight is 350 g/mol. The smallest absolute Gasteiger partial charge is 0.251 e. The quantitative estimate of drug-likeness (QED) is 0.913. The number of carbonyl (C=O) groups excluding carboxylic acids is 1. The zero-order valence-corrected chi connectivity index (χ0v) is 12.7. The third-order valence-electron chi connectivity index (χ3n) is 2.72. The first-order valence-corrected chi connectivity index (χ1v) is 6.99. The number of carbonyl (C=O) groups is 1. The first kappa shape index (κ1) is 14.6. The van der Waals surface area contributed by atoms with E-state index in [-0.39, 0.29) is 5.91 Å². The molecule has 2 aromatic carbocycles. The van der Waals surface area contributed by atoms with Gasteiger partial charge in [0.1, 0.15) is 0 Å². The molecular formula is C15H10BrClN2O. The molecule has 20 heavy (non-hydrogen) atoms. The highest BCUT2D eigenvalue weighted by Crippen LogP contribution is 2.23. The van der Waals surface area contributed by atoms with E-state index in [1.54, 1.807) is 30.3 Å². The van der Waals surface area contributed by atoms with E-state index in [2.05, 4.69) is 27.3 Å². The van der Waals surface area contributed by atoms with Crippen molar-refractivity contribution in [3.05, 3.63) is 68.7 Å². The number of hydrogen-bond donors (Lipinski definition) is 1. The fraction of sp³-hybridized carbons (Fsp3) is 0.0667. The number of hydrogen-bond acceptors (Lipinski definition) is 2. The van der Waals surface area contributed by atoms with Gasteiger partial charge in [0, 0.05) is 16.6 Å². The van der Waals surface area contributed by atoms with Crippen molar-refractivity contribution < 1.29 is 4.79 Å². The van der Waals surface area contributed by atoms with E-state index < -0.39 is 0 Å². The molecule has 0 aliphatic rings. The highest BCUT2D eigenvalue weighted by molar-refractivity contribution is 9.10. The second-order valence-corrected chi connectivity index (χ2v) is 5.38. The lowest BCUT2D eigenvalue weighted by Gasteiger charge is -2.06. The van der Waals surface area contributed by atoms with Gasteiger partial charge in [0.05, 0.1) is 16.7 Å². The molecule has 2 aromatic rings. The molecule has 0 saturated carbocycles. The Morgan fingerprint density at radius 2 is 1.95 bits per heavy atom. The number of nitriles is 1. The minimum absolute atomic E-state index is 0.174. The third-order valence-corrected chi connectivity index (χ3v) is 3.93. The van der Waals surface area contributed by atoms with Crippen molar-refractivity contribution in [2.75, 3.05) is 0 Å². The lowest BCUT2D eigenvalue weighted by molar-refractivity contribution is 0.0951. The Morgan fingerprint density at radius 3 is 2.55 bits per heavy atom. The maximum atomic E-state index is 12.0. The summed E-state index contributed by atoms with van der Waals surface area (Å²) < 4.78 is 0.685. The minimum atomic E-state index is -0.174. The summed E-state index contributed by atoms with van der Waals surface area (Å²) in [5, 5.41) is 12.1. The lowest BCUT2D eigenvalue weighted by Crippen LogP contribution is -2.22. The van der Waals surface area contributed by atoms with Gasteiger partial charge in [-0.05, 0) is 51.8 Å². The van der Waals surface area contributed by atoms with Gasteiger partial charge in [-0.3, -0.25) is 4.79 Å². The Hall–Kier alpha value is -1.83. The minimum Gasteiger partial charge on any atom is -0.348 e. The maximum absolute atomic E-state index is 12.0. The summed E-state index contributed by atoms with van der Waals surface area (Å²) in [6, 6.07) is 14.1. The Morgan fingerprint density at radius 1 is 1.25 bits per heavy atom. The Balaban J connectivity index is 2.01. The van der Waals surface area contributed by atoms with Gasteiger partial charge in [0.2, 0.25) is 0 Å². The van der Waals surface area contributed by atoms with E-state index in [4.69, 9.17) is 16.9 Å². The second-order valence-electron chi connectivity index (χ2n) is 4.12. The molecule has 5 heteroatoms. The summed E-state index contributed by atoms with van der Waals surface area (Å²) >= 11 is 9.17. The highest BCUT2D eigenvalue weighted by Gasteiger charge is 2.07. The van der Waals surface area contributed by atoms with Crippen LogP contribution >= 0.6 is 27.5 Å². The van der Waals surface area contributed by atoms with Crippen LogP contribution in [-0.2, 0) is 6.54 Å². The summed E-state index contributed by atoms with van der Waals surface area (Å²) in [5.41, 5.74) is 2.07. The molecule has 3 nitrogen and oxygen atoms in total. The van der Waals surface area contributed by atoms with Crippen LogP contribution in [0.2, 0.25) is 5.02 Å². The fourth-order valence-corrected chi connectivity index (χ4v) is 2.12. The summed E-state index contributed by atoms with van der Waals surface area (Å²) in [6.45, 7) is 0.408. The van der Waals surface area contributed by atoms with Crippen LogP contribution < -0.4 is 5.32 Å². The van der Waals surface area contributed by atoms with Crippen LogP contribution in [0.3, 0.4) is 0 Å². The van der Waals surface area contributed by atoms with Crippen molar-refractivity contribution in [1.82, 2.24) is 5.32 Å². The first-order valence-electron chi connectivity index (χ1n) is 5.82. The Bertz CT molecular complexity index is 677. The van der Waals surface area contributed by atoms with Gasteiger partial charge in [-0.25, -0.2) is 0 Å². The van der Waals surface area contributed by atoms with E-state index in [0.717, 1.165) is 5.56 Å². The molecule has 0 atom stereocenters. The Labute approximate surface area is 130 Å². The monoisotopic (exact) mass is 348 g/mol. The molecule has 0 aromatic heterocycles. The van der Waals surface area contributed by atoms with Crippen LogP contribution in [0.25, 0.3) is 0 Å². The molecule has 0 aliphatic heterocycles. The largest absolute Gasteiger partial charge is 0.348 e. The normalized spacial score (nSPS) is 9.85. The standard InChI is InChI=1S/C15H10BrClN2O/c16-13-7-12(5-6-14(13)17)15(20)19-9-11-3-1-10(8-18)2-4-11/h1-7H,9H2,(H,19,20). The number of halogens is 2. The summed E-state index contributed by atoms with van der Waals surface area (Å²) in [6.07, 6.45) is 0. The van der Waals surface area contributed by atoms with Gasteiger partial charge in [-0.1, -0.05) is 23.7 Å². The van der Waals surface area contributed by atoms with Crippen LogP contribution in [-0.4, -0.2) is 5.91 Å². The van der Waals surface area contributed by atoms with Gasteiger partial charge >= 0.3 is 0 Å². The predicted molar refractivity (Wildman–Crippen MR) is 81.5 cm³/mol. The number of nitrogens with zero attached hydrogens (tertiary/aromatic N) is 1. The number of benzene rings is 2. The van der Waals surface area contributed by atoms with Crippen molar-refractivity contribution in [1.29, 1.82) is 5.26 Å². The maximum Gasteiger partial charge on any atom is 0.251 e. The highest BCUT2D eigenvalue weighted by atomic mass is 79.9. The average Bonchev–Trinajstić information content (AvgIpc) is 2.48. The molecule has 0 spiro atoms. The molecule has 100 valence electrons. The molecule has 0 heterocycles. The van der Waals surface area contributed by atoms with E-state index in [1.807, 2.05) is 12.1 Å². The third kappa shape index (κ3) is 3.60. The van der Waals surface area contributed by atoms with Crippen molar-refractivity contribution in [3.8, 4) is 6.07 Å². The fourth-order valence-electron chi connectivity index (χ4n) is 1.62. The van der Waals surface area contributed by atoms with E-state index in [0.29, 0.717) is 27.2 Å². The second kappa shape index (κ2) is 6.56. The van der Waals surface area contributed by atoms with Crippen LogP contribution in [0.5, 0.6) is 0 Å². The first-order chi connectivity index (χ1) is 9.60. The van der Waals surface area contributed by atoms with Crippen molar-refractivity contribution in [2.45, 2.75) is 6.54 Å². The van der Waals surface area contributed by atoms with Crippen LogP contribution in [0, 0.1) is 11.3 Å². The molecule has 0 bridgehead atoms. The molecule has 0 unspecified atom stereocenters. The number of rotatable bonds is 3. The zero-order chi connectivity index (χ0) is 14.5. The molecule has 0 saturated heterocycles. The molecule has 2 rings (SSSR count). The van der Waals surface area contributed by atoms with Gasteiger partial charge in [0.15, 0.2) is 0 Å². The van der Waals surface area contributed by atoms with Gasteiger partial charge in [-0.2, -0.15) is 5.26 Å². The molecule has 1 N–H and O–H groups in total. The molecule has 0 fully saturated rings. The number of nitrogens with one attached hydrogen (secondary N) is 1. The molecular weight excluding hydrogens is 340 g/mol. The summed E-state index contributed by atoms with van der Waals surface area (Å²) in [7, 11) is 0. The predicted octanol–water partition coefficient (Wildman–Crippen LogP) is 3.90. The van der Waals surface area contributed by atoms with Crippen LogP contribution in [0.1, 0.15) is 21.5 Å². The van der Waals surface area contributed by atoms with E-state index >= 15 is 0 Å². The van der Waals surface area contributed by atoms with Gasteiger partial charge in [0.25, 0.3) is 5.91 Å². The molecule has 0 aliphatic carbocycles. The van der Waals surface area contributed by atoms with E-state index in [1.165, 1.54) is 0 Å².